The largest absolute Gasteiger partial charge is 0.507 e. The molecule has 0 heterocycles. The predicted molar refractivity (Wildman–Crippen MR) is 121 cm³/mol. The van der Waals surface area contributed by atoms with Gasteiger partial charge in [-0.3, -0.25) is 9.59 Å². The number of rotatable bonds is 8. The molecule has 158 valence electrons. The van der Waals surface area contributed by atoms with Crippen LogP contribution in [0.4, 0.5) is 0 Å². The van der Waals surface area contributed by atoms with Gasteiger partial charge in [-0.15, -0.1) is 0 Å². The lowest BCUT2D eigenvalue weighted by Gasteiger charge is -2.14. The van der Waals surface area contributed by atoms with Gasteiger partial charge in [0.15, 0.2) is 5.78 Å². The van der Waals surface area contributed by atoms with Crippen LogP contribution in [0.15, 0.2) is 30.3 Å². The summed E-state index contributed by atoms with van der Waals surface area (Å²) in [6.45, 7) is 12.1. The topological polar surface area (TPSA) is 54.4 Å². The molecule has 29 heavy (non-hydrogen) atoms. The van der Waals surface area contributed by atoms with Gasteiger partial charge in [-0.05, 0) is 79.0 Å². The molecule has 0 atom stereocenters. The van der Waals surface area contributed by atoms with E-state index in [4.69, 9.17) is 0 Å². The third-order valence-corrected chi connectivity index (χ3v) is 5.19. The lowest BCUT2D eigenvalue weighted by atomic mass is 9.92. The molecule has 0 saturated carbocycles. The summed E-state index contributed by atoms with van der Waals surface area (Å²) >= 11 is 0. The van der Waals surface area contributed by atoms with Gasteiger partial charge in [-0.1, -0.05) is 53.2 Å². The molecule has 0 aliphatic heterocycles. The Kier molecular flexibility index (Phi) is 10.4. The highest BCUT2D eigenvalue weighted by Gasteiger charge is 2.13. The first-order valence-electron chi connectivity index (χ1n) is 10.7. The number of aryl methyl sites for hydroxylation is 3. The number of Topliss-reactive ketones (excluding diaryl/α,β-unsaturated/α-hetero) is 1. The zero-order chi connectivity index (χ0) is 22.0. The summed E-state index contributed by atoms with van der Waals surface area (Å²) in [5.41, 5.74) is 6.22. The number of benzene rings is 2. The van der Waals surface area contributed by atoms with E-state index in [2.05, 4.69) is 33.8 Å². The number of ketones is 1. The molecule has 0 bridgehead atoms. The maximum atomic E-state index is 11.3. The summed E-state index contributed by atoms with van der Waals surface area (Å²) < 4.78 is 0. The van der Waals surface area contributed by atoms with Gasteiger partial charge in [0.25, 0.3) is 0 Å². The minimum absolute atomic E-state index is 0.0861. The van der Waals surface area contributed by atoms with Crippen LogP contribution in [-0.4, -0.2) is 17.2 Å². The Labute approximate surface area is 176 Å². The highest BCUT2D eigenvalue weighted by Crippen LogP contribution is 2.28. The van der Waals surface area contributed by atoms with E-state index in [0.29, 0.717) is 11.5 Å². The minimum Gasteiger partial charge on any atom is -0.507 e. The molecule has 0 spiro atoms. The van der Waals surface area contributed by atoms with Gasteiger partial charge >= 0.3 is 0 Å². The Balaban J connectivity index is 0.000000291. The highest BCUT2D eigenvalue weighted by atomic mass is 16.3. The van der Waals surface area contributed by atoms with E-state index >= 15 is 0 Å². The number of carbonyl (C=O) groups excluding carboxylic acids is 2. The number of unbranched alkanes of at least 4 members (excludes halogenated alkanes) is 1. The fraction of sp³-hybridized carbons (Fsp3) is 0.462. The average molecular weight is 397 g/mol. The summed E-state index contributed by atoms with van der Waals surface area (Å²) in [6.07, 6.45) is 6.36. The summed E-state index contributed by atoms with van der Waals surface area (Å²) in [6, 6.07) is 9.55. The van der Waals surface area contributed by atoms with Crippen molar-refractivity contribution in [2.24, 2.45) is 0 Å². The van der Waals surface area contributed by atoms with Crippen LogP contribution in [0.2, 0.25) is 0 Å². The molecule has 0 unspecified atom stereocenters. The third-order valence-electron chi connectivity index (χ3n) is 5.19. The second kappa shape index (κ2) is 12.2. The number of hydrogen-bond donors (Lipinski definition) is 1. The van der Waals surface area contributed by atoms with Crippen molar-refractivity contribution in [1.82, 2.24) is 0 Å². The highest BCUT2D eigenvalue weighted by molar-refractivity contribution is 5.97. The Morgan fingerprint density at radius 3 is 2.14 bits per heavy atom. The van der Waals surface area contributed by atoms with Gasteiger partial charge in [-0.25, -0.2) is 0 Å². The van der Waals surface area contributed by atoms with Gasteiger partial charge in [-0.2, -0.15) is 0 Å². The van der Waals surface area contributed by atoms with E-state index in [1.807, 2.05) is 25.1 Å². The van der Waals surface area contributed by atoms with E-state index in [0.717, 1.165) is 42.2 Å². The monoisotopic (exact) mass is 396 g/mol. The number of phenolic OH excluding ortho intramolecular Hbond substituents is 1. The van der Waals surface area contributed by atoms with Gasteiger partial charge in [0.05, 0.1) is 5.56 Å². The van der Waals surface area contributed by atoms with Crippen LogP contribution in [0.3, 0.4) is 0 Å². The van der Waals surface area contributed by atoms with Crippen molar-refractivity contribution in [2.45, 2.75) is 79.6 Å². The summed E-state index contributed by atoms with van der Waals surface area (Å²) in [7, 11) is 0. The van der Waals surface area contributed by atoms with Gasteiger partial charge in [0.1, 0.15) is 12.0 Å². The molecule has 2 rings (SSSR count). The molecule has 0 amide bonds. The SMILES string of the molecule is CCCCc1cc(C=O)ccc1CC.CCc1cc(O)c(C(C)=O)cc1C(C)C. The number of aromatic hydroxyl groups is 1. The molecule has 3 heteroatoms. The number of carbonyl (C=O) groups is 2. The Morgan fingerprint density at radius 2 is 1.66 bits per heavy atom. The molecular weight excluding hydrogens is 360 g/mol. The van der Waals surface area contributed by atoms with Crippen molar-refractivity contribution in [3.8, 4) is 5.75 Å². The van der Waals surface area contributed by atoms with E-state index in [1.165, 1.54) is 30.9 Å². The van der Waals surface area contributed by atoms with E-state index in [-0.39, 0.29) is 11.5 Å². The maximum Gasteiger partial charge on any atom is 0.163 e. The maximum absolute atomic E-state index is 11.3. The van der Waals surface area contributed by atoms with Crippen LogP contribution in [0.25, 0.3) is 0 Å². The van der Waals surface area contributed by atoms with Crippen molar-refractivity contribution >= 4 is 12.1 Å². The molecule has 0 fully saturated rings. The van der Waals surface area contributed by atoms with Crippen molar-refractivity contribution in [3.05, 3.63) is 63.7 Å². The van der Waals surface area contributed by atoms with Crippen LogP contribution >= 0.6 is 0 Å². The third kappa shape index (κ3) is 7.16. The summed E-state index contributed by atoms with van der Waals surface area (Å²) in [4.78, 5) is 21.9. The first-order chi connectivity index (χ1) is 13.8. The predicted octanol–water partition coefficient (Wildman–Crippen LogP) is 6.68. The molecule has 3 nitrogen and oxygen atoms in total. The lowest BCUT2D eigenvalue weighted by Crippen LogP contribution is -2.01. The van der Waals surface area contributed by atoms with Crippen LogP contribution < -0.4 is 0 Å². The molecule has 0 aliphatic carbocycles. The normalized spacial score (nSPS) is 10.4. The smallest absolute Gasteiger partial charge is 0.163 e. The minimum atomic E-state index is -0.0861. The first kappa shape index (κ1) is 24.6. The Bertz CT molecular complexity index is 819. The molecular formula is C26H36O3. The van der Waals surface area contributed by atoms with Gasteiger partial charge < -0.3 is 5.11 Å². The second-order valence-corrected chi connectivity index (χ2v) is 7.74. The first-order valence-corrected chi connectivity index (χ1v) is 10.7. The molecule has 0 aromatic heterocycles. The summed E-state index contributed by atoms with van der Waals surface area (Å²) in [5, 5.41) is 9.68. The van der Waals surface area contributed by atoms with Crippen LogP contribution in [0, 0.1) is 0 Å². The molecule has 0 saturated heterocycles. The number of phenols is 1. The Hall–Kier alpha value is -2.42. The van der Waals surface area contributed by atoms with Gasteiger partial charge in [0, 0.05) is 5.56 Å². The summed E-state index contributed by atoms with van der Waals surface area (Å²) in [5.74, 6) is 0.388. The molecule has 2 aromatic rings. The standard InChI is InChI=1S/C13H18O2.C13H18O/c1-5-10-6-13(15)12(9(4)14)7-11(10)8(2)3;1-3-5-6-13-9-11(10-14)7-8-12(13)4-2/h6-8,15H,5H2,1-4H3;7-10H,3-6H2,1-2H3. The van der Waals surface area contributed by atoms with Crippen molar-refractivity contribution in [3.63, 3.8) is 0 Å². The van der Waals surface area contributed by atoms with E-state index in [9.17, 15) is 14.7 Å². The van der Waals surface area contributed by atoms with Crippen molar-refractivity contribution in [1.29, 1.82) is 0 Å². The quantitative estimate of drug-likeness (QED) is 0.400. The molecule has 0 radical (unpaired) electrons. The zero-order valence-corrected chi connectivity index (χ0v) is 18.8. The van der Waals surface area contributed by atoms with Crippen LogP contribution in [0.5, 0.6) is 5.75 Å². The van der Waals surface area contributed by atoms with E-state index < -0.39 is 0 Å². The van der Waals surface area contributed by atoms with Crippen molar-refractivity contribution in [2.75, 3.05) is 0 Å². The van der Waals surface area contributed by atoms with Crippen LogP contribution in [-0.2, 0) is 19.3 Å². The second-order valence-electron chi connectivity index (χ2n) is 7.74. The zero-order valence-electron chi connectivity index (χ0n) is 18.8. The lowest BCUT2D eigenvalue weighted by molar-refractivity contribution is 0.101. The fourth-order valence-electron chi connectivity index (χ4n) is 3.44. The average Bonchev–Trinajstić information content (AvgIpc) is 2.71. The van der Waals surface area contributed by atoms with Crippen LogP contribution in [0.1, 0.15) is 103 Å². The number of aldehydes is 1. The number of hydrogen-bond acceptors (Lipinski definition) is 3. The molecule has 1 N–H and O–H groups in total. The van der Waals surface area contributed by atoms with Crippen molar-refractivity contribution < 1.29 is 14.7 Å². The fourth-order valence-corrected chi connectivity index (χ4v) is 3.44. The molecule has 0 aliphatic rings. The molecule has 2 aromatic carbocycles. The van der Waals surface area contributed by atoms with Gasteiger partial charge in [0.2, 0.25) is 0 Å². The Morgan fingerprint density at radius 1 is 1.00 bits per heavy atom. The van der Waals surface area contributed by atoms with E-state index in [1.54, 1.807) is 6.07 Å².